The van der Waals surface area contributed by atoms with Crippen LogP contribution in [0.1, 0.15) is 68.0 Å². The van der Waals surface area contributed by atoms with Crippen molar-refractivity contribution in [2.24, 2.45) is 0 Å². The number of aromatic nitrogens is 4. The highest BCUT2D eigenvalue weighted by Gasteiger charge is 2.10. The van der Waals surface area contributed by atoms with E-state index in [2.05, 4.69) is 72.9 Å². The van der Waals surface area contributed by atoms with Gasteiger partial charge >= 0.3 is 0 Å². The van der Waals surface area contributed by atoms with Crippen molar-refractivity contribution in [3.8, 4) is 0 Å². The summed E-state index contributed by atoms with van der Waals surface area (Å²) in [7, 11) is 0. The molecule has 0 aliphatic rings. The Labute approximate surface area is 161 Å². The number of nitrogens with zero attached hydrogens (tertiary/aromatic N) is 4. The van der Waals surface area contributed by atoms with Gasteiger partial charge in [-0.3, -0.25) is 0 Å². The predicted octanol–water partition coefficient (Wildman–Crippen LogP) is 4.89. The van der Waals surface area contributed by atoms with Gasteiger partial charge in [0.1, 0.15) is 17.5 Å². The summed E-state index contributed by atoms with van der Waals surface area (Å²) in [6, 6.07) is 10.7. The molecule has 2 aromatic heterocycles. The van der Waals surface area contributed by atoms with Gasteiger partial charge in [0.2, 0.25) is 0 Å². The van der Waals surface area contributed by atoms with Crippen LogP contribution in [0.25, 0.3) is 0 Å². The average molecular weight is 364 g/mol. The quantitative estimate of drug-likeness (QED) is 0.649. The fourth-order valence-electron chi connectivity index (χ4n) is 2.93. The first kappa shape index (κ1) is 19.1. The Kier molecular flexibility index (Phi) is 5.89. The molecule has 5 nitrogen and oxygen atoms in total. The highest BCUT2D eigenvalue weighted by molar-refractivity contribution is 5.39. The van der Waals surface area contributed by atoms with Gasteiger partial charge in [0, 0.05) is 43.2 Å². The van der Waals surface area contributed by atoms with Gasteiger partial charge in [-0.15, -0.1) is 0 Å². The number of benzene rings is 1. The number of aryl methyl sites for hydroxylation is 1. The molecule has 0 saturated heterocycles. The standard InChI is InChI=1S/C22H29N5/c1-15(2)20-12-21(26-22(25-20)16(3)4)24-13-18-7-6-8-19(11-18)14-27-10-9-23-17(27)5/h6-12,15-16H,13-14H2,1-5H3,(H,24,25,26). The lowest BCUT2D eigenvalue weighted by atomic mass is 10.1. The van der Waals surface area contributed by atoms with E-state index >= 15 is 0 Å². The molecule has 3 aromatic rings. The molecule has 1 aromatic carbocycles. The molecular weight excluding hydrogens is 334 g/mol. The molecule has 5 heteroatoms. The lowest BCUT2D eigenvalue weighted by Crippen LogP contribution is -2.09. The van der Waals surface area contributed by atoms with Crippen molar-refractivity contribution in [1.82, 2.24) is 19.5 Å². The number of hydrogen-bond acceptors (Lipinski definition) is 4. The van der Waals surface area contributed by atoms with E-state index in [1.54, 1.807) is 0 Å². The van der Waals surface area contributed by atoms with Crippen molar-refractivity contribution < 1.29 is 0 Å². The molecule has 0 saturated carbocycles. The van der Waals surface area contributed by atoms with E-state index in [4.69, 9.17) is 9.97 Å². The summed E-state index contributed by atoms with van der Waals surface area (Å²) in [6.45, 7) is 12.2. The SMILES string of the molecule is Cc1nccn1Cc1cccc(CNc2cc(C(C)C)nc(C(C)C)n2)c1. The zero-order chi connectivity index (χ0) is 19.4. The molecular formula is C22H29N5. The van der Waals surface area contributed by atoms with Crippen molar-refractivity contribution in [2.45, 2.75) is 59.5 Å². The highest BCUT2D eigenvalue weighted by Crippen LogP contribution is 2.20. The average Bonchev–Trinajstić information content (AvgIpc) is 3.04. The smallest absolute Gasteiger partial charge is 0.133 e. The Hall–Kier alpha value is -2.69. The summed E-state index contributed by atoms with van der Waals surface area (Å²) in [4.78, 5) is 13.7. The van der Waals surface area contributed by atoms with E-state index in [1.165, 1.54) is 11.1 Å². The Bertz CT molecular complexity index is 869. The summed E-state index contributed by atoms with van der Waals surface area (Å²) in [5.74, 6) is 3.52. The van der Waals surface area contributed by atoms with Crippen LogP contribution in [0.2, 0.25) is 0 Å². The summed E-state index contributed by atoms with van der Waals surface area (Å²) in [5.41, 5.74) is 3.59. The molecule has 0 fully saturated rings. The van der Waals surface area contributed by atoms with Crippen molar-refractivity contribution in [1.29, 1.82) is 0 Å². The molecule has 0 bridgehead atoms. The largest absolute Gasteiger partial charge is 0.366 e. The van der Waals surface area contributed by atoms with Crippen LogP contribution < -0.4 is 5.32 Å². The zero-order valence-electron chi connectivity index (χ0n) is 16.9. The minimum absolute atomic E-state index is 0.311. The van der Waals surface area contributed by atoms with Gasteiger partial charge in [0.25, 0.3) is 0 Å². The second-order valence-corrected chi connectivity index (χ2v) is 7.62. The van der Waals surface area contributed by atoms with Crippen LogP contribution >= 0.6 is 0 Å². The fourth-order valence-corrected chi connectivity index (χ4v) is 2.93. The molecule has 0 radical (unpaired) electrons. The molecule has 3 rings (SSSR count). The third-order valence-electron chi connectivity index (χ3n) is 4.61. The highest BCUT2D eigenvalue weighted by atomic mass is 15.1. The molecule has 0 aliphatic heterocycles. The van der Waals surface area contributed by atoms with Gasteiger partial charge in [-0.1, -0.05) is 52.0 Å². The molecule has 27 heavy (non-hydrogen) atoms. The summed E-state index contributed by atoms with van der Waals surface area (Å²) < 4.78 is 2.15. The number of rotatable bonds is 7. The maximum Gasteiger partial charge on any atom is 0.133 e. The topological polar surface area (TPSA) is 55.6 Å². The Balaban J connectivity index is 1.73. The summed E-state index contributed by atoms with van der Waals surface area (Å²) in [6.07, 6.45) is 3.86. The third-order valence-corrected chi connectivity index (χ3v) is 4.61. The zero-order valence-corrected chi connectivity index (χ0v) is 16.9. The summed E-state index contributed by atoms with van der Waals surface area (Å²) in [5, 5.41) is 3.48. The molecule has 0 atom stereocenters. The first-order valence-electron chi connectivity index (χ1n) is 9.60. The van der Waals surface area contributed by atoms with Gasteiger partial charge in [0.15, 0.2) is 0 Å². The van der Waals surface area contributed by atoms with Crippen molar-refractivity contribution >= 4 is 5.82 Å². The van der Waals surface area contributed by atoms with Crippen molar-refractivity contribution in [3.05, 3.63) is 71.2 Å². The minimum Gasteiger partial charge on any atom is -0.366 e. The van der Waals surface area contributed by atoms with Crippen LogP contribution in [0.3, 0.4) is 0 Å². The second-order valence-electron chi connectivity index (χ2n) is 7.62. The van der Waals surface area contributed by atoms with E-state index < -0.39 is 0 Å². The normalized spacial score (nSPS) is 11.4. The van der Waals surface area contributed by atoms with Gasteiger partial charge < -0.3 is 9.88 Å². The monoisotopic (exact) mass is 363 g/mol. The molecule has 0 spiro atoms. The molecule has 0 unspecified atom stereocenters. The lowest BCUT2D eigenvalue weighted by molar-refractivity contribution is 0.730. The first-order valence-corrected chi connectivity index (χ1v) is 9.60. The van der Waals surface area contributed by atoms with Crippen LogP contribution in [-0.4, -0.2) is 19.5 Å². The van der Waals surface area contributed by atoms with Crippen molar-refractivity contribution in [3.63, 3.8) is 0 Å². The maximum absolute atomic E-state index is 4.69. The van der Waals surface area contributed by atoms with Crippen molar-refractivity contribution in [2.75, 3.05) is 5.32 Å². The van der Waals surface area contributed by atoms with E-state index in [0.717, 1.165) is 36.3 Å². The van der Waals surface area contributed by atoms with Crippen LogP contribution in [0.4, 0.5) is 5.82 Å². The number of nitrogens with one attached hydrogen (secondary N) is 1. The summed E-state index contributed by atoms with van der Waals surface area (Å²) >= 11 is 0. The molecule has 0 amide bonds. The van der Waals surface area contributed by atoms with Crippen LogP contribution in [0.5, 0.6) is 0 Å². The van der Waals surface area contributed by atoms with Crippen LogP contribution in [0, 0.1) is 6.92 Å². The maximum atomic E-state index is 4.69. The van der Waals surface area contributed by atoms with E-state index in [9.17, 15) is 0 Å². The van der Waals surface area contributed by atoms with Gasteiger partial charge in [-0.25, -0.2) is 15.0 Å². The Morgan fingerprint density at radius 2 is 1.78 bits per heavy atom. The number of hydrogen-bond donors (Lipinski definition) is 1. The second kappa shape index (κ2) is 8.33. The molecule has 2 heterocycles. The van der Waals surface area contributed by atoms with E-state index in [-0.39, 0.29) is 0 Å². The first-order chi connectivity index (χ1) is 12.9. The lowest BCUT2D eigenvalue weighted by Gasteiger charge is -2.14. The van der Waals surface area contributed by atoms with Gasteiger partial charge in [0.05, 0.1) is 0 Å². The predicted molar refractivity (Wildman–Crippen MR) is 110 cm³/mol. The third kappa shape index (κ3) is 4.94. The van der Waals surface area contributed by atoms with E-state index in [1.807, 2.05) is 19.3 Å². The van der Waals surface area contributed by atoms with Gasteiger partial charge in [-0.05, 0) is 24.0 Å². The van der Waals surface area contributed by atoms with Crippen LogP contribution in [-0.2, 0) is 13.1 Å². The van der Waals surface area contributed by atoms with E-state index in [0.29, 0.717) is 11.8 Å². The number of anilines is 1. The molecule has 142 valence electrons. The molecule has 1 N–H and O–H groups in total. The van der Waals surface area contributed by atoms with Crippen LogP contribution in [0.15, 0.2) is 42.7 Å². The minimum atomic E-state index is 0.311. The number of imidazole rings is 1. The van der Waals surface area contributed by atoms with Gasteiger partial charge in [-0.2, -0.15) is 0 Å². The Morgan fingerprint density at radius 1 is 1.00 bits per heavy atom. The Morgan fingerprint density at radius 3 is 2.44 bits per heavy atom. The molecule has 0 aliphatic carbocycles. The fraction of sp³-hybridized carbons (Fsp3) is 0.409.